The summed E-state index contributed by atoms with van der Waals surface area (Å²) in [5.41, 5.74) is 0. The molecule has 0 bridgehead atoms. The largest absolute Gasteiger partial charge is 0.469 e. The first kappa shape index (κ1) is 20.9. The van der Waals surface area contributed by atoms with Gasteiger partial charge in [0.15, 0.2) is 5.96 Å². The smallest absolute Gasteiger partial charge is 0.193 e. The number of furan rings is 1. The first-order chi connectivity index (χ1) is 13.8. The van der Waals surface area contributed by atoms with Crippen LogP contribution in [0.2, 0.25) is 0 Å². The molecule has 0 atom stereocenters. The molecular weight excluding hydrogens is 372 g/mol. The highest BCUT2D eigenvalue weighted by Crippen LogP contribution is 2.09. The molecule has 0 aliphatic carbocycles. The van der Waals surface area contributed by atoms with Crippen LogP contribution in [0.25, 0.3) is 0 Å². The van der Waals surface area contributed by atoms with Crippen LogP contribution in [0.4, 0.5) is 0 Å². The fourth-order valence-corrected chi connectivity index (χ4v) is 3.90. The number of ether oxygens (including phenoxy) is 1. The van der Waals surface area contributed by atoms with E-state index in [1.54, 1.807) is 6.26 Å². The molecule has 1 aliphatic rings. The topological polar surface area (TPSA) is 53.2 Å². The molecule has 0 amide bonds. The molecule has 1 saturated heterocycles. The van der Waals surface area contributed by atoms with Crippen molar-refractivity contribution < 1.29 is 9.15 Å². The normalized spacial score (nSPS) is 15.7. The van der Waals surface area contributed by atoms with Crippen LogP contribution in [0.15, 0.2) is 45.3 Å². The zero-order valence-corrected chi connectivity index (χ0v) is 17.6. The van der Waals surface area contributed by atoms with Crippen LogP contribution < -0.4 is 5.32 Å². The molecule has 3 heterocycles. The summed E-state index contributed by atoms with van der Waals surface area (Å²) in [6.07, 6.45) is 4.70. The summed E-state index contributed by atoms with van der Waals surface area (Å²) in [5, 5.41) is 5.65. The Bertz CT molecular complexity index is 667. The fourth-order valence-electron chi connectivity index (χ4n) is 3.21. The lowest BCUT2D eigenvalue weighted by Crippen LogP contribution is -2.41. The quantitative estimate of drug-likeness (QED) is 0.375. The van der Waals surface area contributed by atoms with Gasteiger partial charge in [0.05, 0.1) is 19.5 Å². The predicted molar refractivity (Wildman–Crippen MR) is 115 cm³/mol. The number of likely N-dealkylation sites (N-methyl/N-ethyl adjacent to an activating group) is 1. The first-order valence-corrected chi connectivity index (χ1v) is 11.0. The highest BCUT2D eigenvalue weighted by molar-refractivity contribution is 7.09. The van der Waals surface area contributed by atoms with Crippen molar-refractivity contribution >= 4 is 17.3 Å². The maximum absolute atomic E-state index is 5.43. The van der Waals surface area contributed by atoms with Crippen LogP contribution in [-0.2, 0) is 17.6 Å². The van der Waals surface area contributed by atoms with Gasteiger partial charge in [-0.3, -0.25) is 9.89 Å². The lowest BCUT2D eigenvalue weighted by atomic mass is 10.3. The van der Waals surface area contributed by atoms with Gasteiger partial charge in [-0.15, -0.1) is 11.3 Å². The van der Waals surface area contributed by atoms with Crippen molar-refractivity contribution in [3.63, 3.8) is 0 Å². The summed E-state index contributed by atoms with van der Waals surface area (Å²) in [4.78, 5) is 11.0. The molecule has 3 rings (SSSR count). The van der Waals surface area contributed by atoms with Crippen LogP contribution in [-0.4, -0.2) is 75.3 Å². The monoisotopic (exact) mass is 404 g/mol. The van der Waals surface area contributed by atoms with E-state index in [9.17, 15) is 0 Å². The van der Waals surface area contributed by atoms with E-state index in [1.165, 1.54) is 4.88 Å². The zero-order chi connectivity index (χ0) is 19.4. The number of hydrogen-bond donors (Lipinski definition) is 1. The number of nitrogens with zero attached hydrogens (tertiary/aromatic N) is 3. The Hall–Kier alpha value is -1.83. The van der Waals surface area contributed by atoms with Crippen molar-refractivity contribution in [2.24, 2.45) is 4.99 Å². The van der Waals surface area contributed by atoms with Crippen molar-refractivity contribution in [1.29, 1.82) is 0 Å². The lowest BCUT2D eigenvalue weighted by Gasteiger charge is -2.26. The Morgan fingerprint density at radius 2 is 2.14 bits per heavy atom. The number of nitrogens with one attached hydrogen (secondary N) is 1. The molecule has 1 aliphatic heterocycles. The molecule has 2 aromatic heterocycles. The Morgan fingerprint density at radius 3 is 2.89 bits per heavy atom. The lowest BCUT2D eigenvalue weighted by molar-refractivity contribution is 0.0377. The van der Waals surface area contributed by atoms with Gasteiger partial charge in [0, 0.05) is 57.6 Å². The van der Waals surface area contributed by atoms with Gasteiger partial charge >= 0.3 is 0 Å². The van der Waals surface area contributed by atoms with E-state index in [0.717, 1.165) is 83.5 Å². The highest BCUT2D eigenvalue weighted by Gasteiger charge is 2.10. The van der Waals surface area contributed by atoms with E-state index in [4.69, 9.17) is 14.1 Å². The molecule has 2 aromatic rings. The minimum atomic E-state index is 0.819. The van der Waals surface area contributed by atoms with E-state index in [1.807, 2.05) is 23.5 Å². The van der Waals surface area contributed by atoms with Gasteiger partial charge < -0.3 is 19.4 Å². The molecule has 0 unspecified atom stereocenters. The second-order valence-corrected chi connectivity index (χ2v) is 8.05. The summed E-state index contributed by atoms with van der Waals surface area (Å²) >= 11 is 1.81. The Kier molecular flexibility index (Phi) is 8.87. The number of aliphatic imine (C=N–C) groups is 1. The van der Waals surface area contributed by atoms with Crippen LogP contribution in [0.5, 0.6) is 0 Å². The minimum Gasteiger partial charge on any atom is -0.469 e. The molecule has 28 heavy (non-hydrogen) atoms. The molecule has 0 radical (unpaired) electrons. The maximum Gasteiger partial charge on any atom is 0.193 e. The van der Waals surface area contributed by atoms with Crippen molar-refractivity contribution in [3.05, 3.63) is 46.5 Å². The van der Waals surface area contributed by atoms with E-state index in [0.29, 0.717) is 0 Å². The molecule has 1 N–H and O–H groups in total. The average molecular weight is 405 g/mol. The van der Waals surface area contributed by atoms with Gasteiger partial charge in [-0.25, -0.2) is 0 Å². The SMILES string of the molecule is CN(CCc1cccs1)C(=NCCCN1CCOCC1)NCCc1ccco1. The van der Waals surface area contributed by atoms with Gasteiger partial charge in [-0.2, -0.15) is 0 Å². The van der Waals surface area contributed by atoms with E-state index in [2.05, 4.69) is 39.7 Å². The summed E-state index contributed by atoms with van der Waals surface area (Å²) in [5.74, 6) is 1.98. The third kappa shape index (κ3) is 7.30. The van der Waals surface area contributed by atoms with Crippen LogP contribution in [0, 0.1) is 0 Å². The molecular formula is C21H32N4O2S. The summed E-state index contributed by atoms with van der Waals surface area (Å²) in [7, 11) is 2.12. The fraction of sp³-hybridized carbons (Fsp3) is 0.571. The average Bonchev–Trinajstić information content (AvgIpc) is 3.43. The van der Waals surface area contributed by atoms with Gasteiger partial charge in [-0.05, 0) is 36.4 Å². The Labute approximate surface area is 172 Å². The number of guanidine groups is 1. The van der Waals surface area contributed by atoms with Gasteiger partial charge in [0.25, 0.3) is 0 Å². The van der Waals surface area contributed by atoms with E-state index < -0.39 is 0 Å². The standard InChI is InChI=1S/C21H32N4O2S/c1-24(12-8-20-6-3-18-28-20)21(23-10-7-19-5-2-15-27-19)22-9-4-11-25-13-16-26-17-14-25/h2-3,5-6,15,18H,4,7-14,16-17H2,1H3,(H,22,23). The van der Waals surface area contributed by atoms with Crippen molar-refractivity contribution in [3.8, 4) is 0 Å². The number of hydrogen-bond acceptors (Lipinski definition) is 5. The highest BCUT2D eigenvalue weighted by atomic mass is 32.1. The van der Waals surface area contributed by atoms with Crippen LogP contribution in [0.3, 0.4) is 0 Å². The zero-order valence-electron chi connectivity index (χ0n) is 16.8. The van der Waals surface area contributed by atoms with Crippen molar-refractivity contribution in [2.45, 2.75) is 19.3 Å². The number of rotatable bonds is 10. The van der Waals surface area contributed by atoms with E-state index >= 15 is 0 Å². The Morgan fingerprint density at radius 1 is 1.25 bits per heavy atom. The number of morpholine rings is 1. The van der Waals surface area contributed by atoms with Crippen molar-refractivity contribution in [1.82, 2.24) is 15.1 Å². The molecule has 6 nitrogen and oxygen atoms in total. The number of thiophene rings is 1. The first-order valence-electron chi connectivity index (χ1n) is 10.2. The molecule has 7 heteroatoms. The van der Waals surface area contributed by atoms with Gasteiger partial charge in [-0.1, -0.05) is 6.07 Å². The second kappa shape index (κ2) is 11.9. The van der Waals surface area contributed by atoms with Gasteiger partial charge in [0.1, 0.15) is 5.76 Å². The molecule has 0 aromatic carbocycles. The molecule has 0 spiro atoms. The third-order valence-corrected chi connectivity index (χ3v) is 5.80. The van der Waals surface area contributed by atoms with Crippen LogP contribution >= 0.6 is 11.3 Å². The van der Waals surface area contributed by atoms with Crippen LogP contribution in [0.1, 0.15) is 17.1 Å². The minimum absolute atomic E-state index is 0.819. The third-order valence-electron chi connectivity index (χ3n) is 4.87. The molecule has 0 saturated carbocycles. The Balaban J connectivity index is 1.46. The van der Waals surface area contributed by atoms with Crippen molar-refractivity contribution in [2.75, 3.05) is 59.5 Å². The predicted octanol–water partition coefficient (Wildman–Crippen LogP) is 2.73. The second-order valence-electron chi connectivity index (χ2n) is 7.02. The summed E-state index contributed by atoms with van der Waals surface area (Å²) < 4.78 is 10.8. The summed E-state index contributed by atoms with van der Waals surface area (Å²) in [6, 6.07) is 8.26. The molecule has 154 valence electrons. The molecule has 1 fully saturated rings. The maximum atomic E-state index is 5.43. The van der Waals surface area contributed by atoms with Gasteiger partial charge in [0.2, 0.25) is 0 Å². The van der Waals surface area contributed by atoms with E-state index in [-0.39, 0.29) is 0 Å². The summed E-state index contributed by atoms with van der Waals surface area (Å²) in [6.45, 7) is 7.49.